The Bertz CT molecular complexity index is 1430. The maximum Gasteiger partial charge on any atom is 0.416 e. The fourth-order valence-corrected chi connectivity index (χ4v) is 5.48. The van der Waals surface area contributed by atoms with Crippen molar-refractivity contribution in [2.45, 2.75) is 37.4 Å². The molecule has 2 aromatic carbocycles. The number of benzene rings is 2. The number of sulfonamides is 1. The van der Waals surface area contributed by atoms with E-state index in [0.717, 1.165) is 18.2 Å². The molecule has 0 fully saturated rings. The number of ether oxygens (including phenoxy) is 2. The summed E-state index contributed by atoms with van der Waals surface area (Å²) in [5.41, 5.74) is -2.19. The van der Waals surface area contributed by atoms with E-state index >= 15 is 0 Å². The average Bonchev–Trinajstić information content (AvgIpc) is 3.15. The summed E-state index contributed by atoms with van der Waals surface area (Å²) in [6.45, 7) is 4.32. The molecule has 3 aromatic rings. The lowest BCUT2D eigenvalue weighted by Gasteiger charge is -2.20. The maximum absolute atomic E-state index is 13.3. The Kier molecular flexibility index (Phi) is 7.45. The number of hydrogen-bond acceptors (Lipinski definition) is 7. The van der Waals surface area contributed by atoms with E-state index in [1.54, 1.807) is 13.0 Å². The third kappa shape index (κ3) is 6.11. The van der Waals surface area contributed by atoms with E-state index in [1.807, 2.05) is 0 Å². The van der Waals surface area contributed by atoms with Gasteiger partial charge in [0.15, 0.2) is 5.60 Å². The van der Waals surface area contributed by atoms with Crippen LogP contribution >= 0.6 is 11.3 Å². The molecule has 0 atom stereocenters. The van der Waals surface area contributed by atoms with Crippen LogP contribution in [-0.4, -0.2) is 38.7 Å². The molecule has 0 unspecified atom stereocenters. The SMILES string of the molecule is COC(=O)C(C)(C)OCC#Cc1cc(C(F)(F)F)ccc1NS(=O)(=O)c1cccc2nc(C)sc12. The Balaban J connectivity index is 1.97. The van der Waals surface area contributed by atoms with Crippen LogP contribution in [0.5, 0.6) is 0 Å². The van der Waals surface area contributed by atoms with E-state index in [4.69, 9.17) is 4.74 Å². The molecule has 3 rings (SSSR count). The van der Waals surface area contributed by atoms with E-state index in [-0.39, 0.29) is 22.8 Å². The second kappa shape index (κ2) is 9.85. The zero-order valence-corrected chi connectivity index (χ0v) is 20.7. The number of alkyl halides is 3. The van der Waals surface area contributed by atoms with Crippen molar-refractivity contribution < 1.29 is 35.9 Å². The van der Waals surface area contributed by atoms with Crippen molar-refractivity contribution in [2.75, 3.05) is 18.4 Å². The van der Waals surface area contributed by atoms with Crippen LogP contribution in [0.3, 0.4) is 0 Å². The summed E-state index contributed by atoms with van der Waals surface area (Å²) in [4.78, 5) is 15.9. The number of hydrogen-bond donors (Lipinski definition) is 1. The van der Waals surface area contributed by atoms with E-state index in [9.17, 15) is 26.4 Å². The Hall–Kier alpha value is -3.14. The van der Waals surface area contributed by atoms with Gasteiger partial charge in [-0.3, -0.25) is 4.72 Å². The highest BCUT2D eigenvalue weighted by atomic mass is 32.2. The number of thiazole rings is 1. The minimum Gasteiger partial charge on any atom is -0.467 e. The van der Waals surface area contributed by atoms with Gasteiger partial charge in [-0.05, 0) is 51.1 Å². The lowest BCUT2D eigenvalue weighted by atomic mass is 10.1. The molecule has 1 aromatic heterocycles. The normalized spacial score (nSPS) is 12.2. The van der Waals surface area contributed by atoms with Crippen LogP contribution in [0.2, 0.25) is 0 Å². The predicted molar refractivity (Wildman–Crippen MR) is 126 cm³/mol. The average molecular weight is 527 g/mol. The monoisotopic (exact) mass is 526 g/mol. The second-order valence-corrected chi connectivity index (χ2v) is 10.6. The van der Waals surface area contributed by atoms with Crippen molar-refractivity contribution in [1.29, 1.82) is 0 Å². The zero-order valence-electron chi connectivity index (χ0n) is 19.1. The number of esters is 1. The van der Waals surface area contributed by atoms with Gasteiger partial charge in [-0.1, -0.05) is 17.9 Å². The van der Waals surface area contributed by atoms with Gasteiger partial charge in [0.05, 0.1) is 33.6 Å². The van der Waals surface area contributed by atoms with Gasteiger partial charge >= 0.3 is 12.1 Å². The van der Waals surface area contributed by atoms with Crippen LogP contribution in [0.15, 0.2) is 41.3 Å². The summed E-state index contributed by atoms with van der Waals surface area (Å²) in [5.74, 6) is 4.38. The number of aryl methyl sites for hydroxylation is 1. The first-order valence-electron chi connectivity index (χ1n) is 10.1. The number of carbonyl (C=O) groups excluding carboxylic acids is 1. The minimum absolute atomic E-state index is 0.0532. The van der Waals surface area contributed by atoms with Gasteiger partial charge in [-0.2, -0.15) is 13.2 Å². The molecular formula is C23H21F3N2O5S2. The first kappa shape index (κ1) is 26.5. The lowest BCUT2D eigenvalue weighted by Crippen LogP contribution is -2.36. The van der Waals surface area contributed by atoms with Gasteiger partial charge < -0.3 is 9.47 Å². The predicted octanol–water partition coefficient (Wildman–Crippen LogP) is 4.74. The quantitative estimate of drug-likeness (QED) is 0.368. The largest absolute Gasteiger partial charge is 0.467 e. The van der Waals surface area contributed by atoms with Crippen molar-refractivity contribution >= 4 is 43.2 Å². The van der Waals surface area contributed by atoms with Crippen molar-refractivity contribution in [3.05, 3.63) is 52.5 Å². The van der Waals surface area contributed by atoms with Crippen LogP contribution < -0.4 is 4.72 Å². The van der Waals surface area contributed by atoms with Crippen LogP contribution in [0.4, 0.5) is 18.9 Å². The lowest BCUT2D eigenvalue weighted by molar-refractivity contribution is -0.163. The number of fused-ring (bicyclic) bond motifs is 1. The first-order valence-corrected chi connectivity index (χ1v) is 12.4. The number of carbonyl (C=O) groups is 1. The molecule has 186 valence electrons. The van der Waals surface area contributed by atoms with Gasteiger partial charge in [-0.15, -0.1) is 11.3 Å². The number of halogens is 3. The molecule has 0 aliphatic carbocycles. The van der Waals surface area contributed by atoms with E-state index in [1.165, 1.54) is 44.4 Å². The third-order valence-electron chi connectivity index (χ3n) is 4.77. The van der Waals surface area contributed by atoms with E-state index in [2.05, 4.69) is 26.3 Å². The maximum atomic E-state index is 13.3. The van der Waals surface area contributed by atoms with Gasteiger partial charge in [0, 0.05) is 5.56 Å². The Morgan fingerprint density at radius 2 is 1.91 bits per heavy atom. The smallest absolute Gasteiger partial charge is 0.416 e. The molecule has 12 heteroatoms. The van der Waals surface area contributed by atoms with Crippen LogP contribution in [0.25, 0.3) is 10.2 Å². The highest BCUT2D eigenvalue weighted by Gasteiger charge is 2.32. The summed E-state index contributed by atoms with van der Waals surface area (Å²) in [6.07, 6.45) is -4.66. The molecule has 0 saturated heterocycles. The fraction of sp³-hybridized carbons (Fsp3) is 0.304. The Morgan fingerprint density at radius 1 is 1.20 bits per heavy atom. The van der Waals surface area contributed by atoms with Gasteiger partial charge in [0.1, 0.15) is 11.5 Å². The second-order valence-electron chi connectivity index (χ2n) is 7.79. The summed E-state index contributed by atoms with van der Waals surface area (Å²) in [5, 5.41) is 0.665. The molecule has 35 heavy (non-hydrogen) atoms. The standard InChI is InChI=1S/C23H21F3N2O5S2/c1-14-27-18-8-5-9-19(20(18)34-14)35(30,31)28-17-11-10-16(23(24,25)26)13-15(17)7-6-12-33-22(2,3)21(29)32-4/h5,8-11,13,28H,12H2,1-4H3. The van der Waals surface area contributed by atoms with E-state index < -0.39 is 33.3 Å². The summed E-state index contributed by atoms with van der Waals surface area (Å²) in [7, 11) is -3.00. The van der Waals surface area contributed by atoms with E-state index in [0.29, 0.717) is 15.2 Å². The highest BCUT2D eigenvalue weighted by Crippen LogP contribution is 2.34. The zero-order chi connectivity index (χ0) is 26.0. The van der Waals surface area contributed by atoms with Gasteiger partial charge in [-0.25, -0.2) is 18.2 Å². The number of nitrogens with one attached hydrogen (secondary N) is 1. The molecule has 1 N–H and O–H groups in total. The van der Waals surface area contributed by atoms with Gasteiger partial charge in [0.25, 0.3) is 10.0 Å². The Morgan fingerprint density at radius 3 is 2.57 bits per heavy atom. The van der Waals surface area contributed by atoms with Crippen LogP contribution in [0, 0.1) is 18.8 Å². The van der Waals surface area contributed by atoms with Gasteiger partial charge in [0.2, 0.25) is 0 Å². The molecule has 1 heterocycles. The third-order valence-corrected chi connectivity index (χ3v) is 7.33. The fourth-order valence-electron chi connectivity index (χ4n) is 3.01. The number of anilines is 1. The summed E-state index contributed by atoms with van der Waals surface area (Å²) < 4.78 is 78.9. The van der Waals surface area contributed by atoms with Crippen LogP contribution in [0.1, 0.15) is 30.0 Å². The summed E-state index contributed by atoms with van der Waals surface area (Å²) >= 11 is 1.19. The first-order chi connectivity index (χ1) is 16.2. The van der Waals surface area contributed by atoms with Crippen molar-refractivity contribution in [3.8, 4) is 11.8 Å². The molecule has 0 amide bonds. The molecular weight excluding hydrogens is 505 g/mol. The minimum atomic E-state index is -4.66. The number of methoxy groups -OCH3 is 1. The molecule has 0 spiro atoms. The molecule has 7 nitrogen and oxygen atoms in total. The molecule has 0 saturated carbocycles. The number of aromatic nitrogens is 1. The topological polar surface area (TPSA) is 94.6 Å². The van der Waals surface area contributed by atoms with Crippen molar-refractivity contribution in [2.24, 2.45) is 0 Å². The number of rotatable bonds is 6. The molecule has 0 aliphatic heterocycles. The van der Waals surface area contributed by atoms with Crippen molar-refractivity contribution in [3.63, 3.8) is 0 Å². The summed E-state index contributed by atoms with van der Waals surface area (Å²) in [6, 6.07) is 7.10. The molecule has 0 aliphatic rings. The Labute approximate surface area is 204 Å². The molecule has 0 radical (unpaired) electrons. The van der Waals surface area contributed by atoms with Crippen molar-refractivity contribution in [1.82, 2.24) is 4.98 Å². The number of nitrogens with zero attached hydrogens (tertiary/aromatic N) is 1. The highest BCUT2D eigenvalue weighted by molar-refractivity contribution is 7.93. The molecule has 0 bridgehead atoms. The van der Waals surface area contributed by atoms with Crippen LogP contribution in [-0.2, 0) is 30.5 Å².